The molecule has 0 aliphatic rings. The molecule has 0 bridgehead atoms. The van der Waals surface area contributed by atoms with Crippen LogP contribution in [0.5, 0.6) is 0 Å². The molecule has 108 valence electrons. The molecule has 18 heavy (non-hydrogen) atoms. The zero-order valence-corrected chi connectivity index (χ0v) is 11.9. The number of unbranched alkanes of at least 4 members (excludes halogenated alkanes) is 1. The van der Waals surface area contributed by atoms with Crippen LogP contribution in [-0.2, 0) is 14.4 Å². The van der Waals surface area contributed by atoms with Gasteiger partial charge in [0.2, 0.25) is 0 Å². The van der Waals surface area contributed by atoms with Crippen molar-refractivity contribution in [2.24, 2.45) is 5.73 Å². The first-order chi connectivity index (χ1) is 8.68. The van der Waals surface area contributed by atoms with Crippen molar-refractivity contribution in [2.45, 2.75) is 31.7 Å². The molecule has 4 N–H and O–H groups in total. The smallest absolute Gasteiger partial charge is 0.164 e. The van der Waals surface area contributed by atoms with Gasteiger partial charge in [0.15, 0.2) is 5.52 Å². The minimum Gasteiger partial charge on any atom is -0.396 e. The molecule has 0 fully saturated rings. The molecule has 0 spiro atoms. The SMILES string of the molecule is NC(CCCCNOCCOCCCO)C(=O)P. The molecule has 0 saturated carbocycles. The molecule has 0 heterocycles. The number of aliphatic hydroxyl groups is 1. The van der Waals surface area contributed by atoms with Crippen molar-refractivity contribution in [3.8, 4) is 0 Å². The van der Waals surface area contributed by atoms with Gasteiger partial charge in [0.05, 0.1) is 19.3 Å². The third-order valence-corrected chi connectivity index (χ3v) is 2.72. The highest BCUT2D eigenvalue weighted by atomic mass is 31.0. The molecule has 0 aromatic heterocycles. The van der Waals surface area contributed by atoms with Gasteiger partial charge in [0.1, 0.15) is 0 Å². The summed E-state index contributed by atoms with van der Waals surface area (Å²) < 4.78 is 5.18. The van der Waals surface area contributed by atoms with Gasteiger partial charge in [0.25, 0.3) is 0 Å². The summed E-state index contributed by atoms with van der Waals surface area (Å²) in [7, 11) is 2.10. The molecule has 0 saturated heterocycles. The number of carbonyl (C=O) groups is 1. The minimum absolute atomic E-state index is 0.0424. The average Bonchev–Trinajstić information content (AvgIpc) is 2.35. The van der Waals surface area contributed by atoms with Gasteiger partial charge >= 0.3 is 0 Å². The van der Waals surface area contributed by atoms with Crippen molar-refractivity contribution in [1.29, 1.82) is 0 Å². The third kappa shape index (κ3) is 12.4. The van der Waals surface area contributed by atoms with E-state index in [1.165, 1.54) is 0 Å². The number of ether oxygens (including phenoxy) is 1. The monoisotopic (exact) mass is 280 g/mol. The van der Waals surface area contributed by atoms with E-state index < -0.39 is 0 Å². The van der Waals surface area contributed by atoms with Gasteiger partial charge < -0.3 is 15.6 Å². The Morgan fingerprint density at radius 3 is 2.72 bits per heavy atom. The van der Waals surface area contributed by atoms with E-state index in [2.05, 4.69) is 14.7 Å². The Morgan fingerprint density at radius 2 is 2.06 bits per heavy atom. The number of aliphatic hydroxyl groups excluding tert-OH is 1. The topological polar surface area (TPSA) is 93.8 Å². The van der Waals surface area contributed by atoms with Gasteiger partial charge in [-0.25, -0.2) is 5.48 Å². The van der Waals surface area contributed by atoms with Crippen LogP contribution in [0.4, 0.5) is 0 Å². The zero-order chi connectivity index (χ0) is 13.6. The summed E-state index contributed by atoms with van der Waals surface area (Å²) >= 11 is 0. The van der Waals surface area contributed by atoms with E-state index in [9.17, 15) is 4.79 Å². The molecule has 0 aliphatic carbocycles. The Morgan fingerprint density at radius 1 is 1.28 bits per heavy atom. The first-order valence-corrected chi connectivity index (χ1v) is 6.84. The standard InChI is InChI=1S/C11H25N2O4P/c12-10(11(15)18)4-1-2-5-13-17-9-8-16-7-3-6-14/h10,13-14H,1-9,12,18H2. The van der Waals surface area contributed by atoms with Crippen LogP contribution in [0.25, 0.3) is 0 Å². The fraction of sp³-hybridized carbons (Fsp3) is 0.909. The average molecular weight is 280 g/mol. The number of hydrogen-bond donors (Lipinski definition) is 3. The van der Waals surface area contributed by atoms with Crippen LogP contribution in [0.3, 0.4) is 0 Å². The summed E-state index contributed by atoms with van der Waals surface area (Å²) in [6, 6.07) is -0.365. The van der Waals surface area contributed by atoms with E-state index in [1.807, 2.05) is 0 Å². The second kappa shape index (κ2) is 13.3. The van der Waals surface area contributed by atoms with Gasteiger partial charge in [-0.3, -0.25) is 9.63 Å². The quantitative estimate of drug-likeness (QED) is 0.246. The summed E-state index contributed by atoms with van der Waals surface area (Å²) in [6.45, 7) is 2.43. The van der Waals surface area contributed by atoms with Crippen LogP contribution in [0.15, 0.2) is 0 Å². The third-order valence-electron chi connectivity index (χ3n) is 2.29. The Hall–Kier alpha value is -0.100. The maximum atomic E-state index is 10.8. The van der Waals surface area contributed by atoms with E-state index in [0.717, 1.165) is 19.4 Å². The molecule has 6 nitrogen and oxygen atoms in total. The van der Waals surface area contributed by atoms with Crippen LogP contribution in [0, 0.1) is 0 Å². The molecule has 2 atom stereocenters. The Kier molecular flexibility index (Phi) is 13.3. The molecule has 2 unspecified atom stereocenters. The number of nitrogens with two attached hydrogens (primary N) is 1. The van der Waals surface area contributed by atoms with Gasteiger partial charge in [-0.15, -0.1) is 0 Å². The Balaban J connectivity index is 3.05. The first-order valence-electron chi connectivity index (χ1n) is 6.26. The normalized spacial score (nSPS) is 12.6. The first kappa shape index (κ1) is 17.9. The lowest BCUT2D eigenvalue weighted by atomic mass is 10.1. The zero-order valence-electron chi connectivity index (χ0n) is 10.8. The highest BCUT2D eigenvalue weighted by Crippen LogP contribution is 2.02. The van der Waals surface area contributed by atoms with E-state index in [4.69, 9.17) is 20.4 Å². The highest BCUT2D eigenvalue weighted by Gasteiger charge is 2.06. The van der Waals surface area contributed by atoms with Gasteiger partial charge in [-0.1, -0.05) is 15.7 Å². The molecule has 0 aromatic carbocycles. The van der Waals surface area contributed by atoms with Gasteiger partial charge in [-0.05, 0) is 19.3 Å². The van der Waals surface area contributed by atoms with Gasteiger partial charge in [0, 0.05) is 19.8 Å². The molecule has 0 aromatic rings. The van der Waals surface area contributed by atoms with Crippen molar-refractivity contribution in [3.05, 3.63) is 0 Å². The molecule has 0 amide bonds. The van der Waals surface area contributed by atoms with E-state index in [0.29, 0.717) is 32.7 Å². The molecule has 7 heteroatoms. The van der Waals surface area contributed by atoms with E-state index in [-0.39, 0.29) is 18.2 Å². The number of nitrogens with one attached hydrogen (secondary N) is 1. The molecular weight excluding hydrogens is 255 g/mol. The van der Waals surface area contributed by atoms with E-state index in [1.54, 1.807) is 0 Å². The molecular formula is C11H25N2O4P. The largest absolute Gasteiger partial charge is 0.396 e. The Bertz CT molecular complexity index is 207. The van der Waals surface area contributed by atoms with Gasteiger partial charge in [-0.2, -0.15) is 0 Å². The highest BCUT2D eigenvalue weighted by molar-refractivity contribution is 7.40. The maximum absolute atomic E-state index is 10.8. The summed E-state index contributed by atoms with van der Waals surface area (Å²) in [5, 5.41) is 8.51. The molecule has 0 rings (SSSR count). The predicted octanol–water partition coefficient (Wildman–Crippen LogP) is -0.194. The van der Waals surface area contributed by atoms with Crippen molar-refractivity contribution in [2.75, 3.05) is 33.0 Å². The van der Waals surface area contributed by atoms with Crippen LogP contribution in [0.1, 0.15) is 25.7 Å². The van der Waals surface area contributed by atoms with Crippen molar-refractivity contribution >= 4 is 14.8 Å². The van der Waals surface area contributed by atoms with Crippen molar-refractivity contribution < 1.29 is 19.5 Å². The van der Waals surface area contributed by atoms with Crippen LogP contribution >= 0.6 is 9.24 Å². The van der Waals surface area contributed by atoms with Crippen molar-refractivity contribution in [3.63, 3.8) is 0 Å². The summed E-state index contributed by atoms with van der Waals surface area (Å²) in [5.74, 6) is 0. The van der Waals surface area contributed by atoms with Crippen molar-refractivity contribution in [1.82, 2.24) is 5.48 Å². The lowest BCUT2D eigenvalue weighted by Crippen LogP contribution is -2.26. The fourth-order valence-corrected chi connectivity index (χ4v) is 1.38. The second-order valence-electron chi connectivity index (χ2n) is 3.94. The second-order valence-corrected chi connectivity index (χ2v) is 4.51. The summed E-state index contributed by atoms with van der Waals surface area (Å²) in [5.41, 5.74) is 8.36. The minimum atomic E-state index is -0.365. The lowest BCUT2D eigenvalue weighted by Gasteiger charge is -2.08. The van der Waals surface area contributed by atoms with Crippen LogP contribution in [0.2, 0.25) is 0 Å². The number of hydroxylamine groups is 1. The number of carbonyl (C=O) groups excluding carboxylic acids is 1. The molecule has 0 aliphatic heterocycles. The lowest BCUT2D eigenvalue weighted by molar-refractivity contribution is -0.112. The Labute approximate surface area is 111 Å². The van der Waals surface area contributed by atoms with Crippen LogP contribution < -0.4 is 11.2 Å². The number of hydrogen-bond acceptors (Lipinski definition) is 6. The summed E-state index contributed by atoms with van der Waals surface area (Å²) in [6.07, 6.45) is 3.16. The summed E-state index contributed by atoms with van der Waals surface area (Å²) in [4.78, 5) is 16.0. The van der Waals surface area contributed by atoms with E-state index >= 15 is 0 Å². The maximum Gasteiger partial charge on any atom is 0.164 e. The number of rotatable bonds is 13. The van der Waals surface area contributed by atoms with Crippen LogP contribution in [-0.4, -0.2) is 49.6 Å². The molecule has 0 radical (unpaired) electrons. The predicted molar refractivity (Wildman–Crippen MR) is 73.0 cm³/mol. The fourth-order valence-electron chi connectivity index (χ4n) is 1.22.